The lowest BCUT2D eigenvalue weighted by Crippen LogP contribution is -2.36. The Morgan fingerprint density at radius 2 is 1.45 bits per heavy atom. The van der Waals surface area contributed by atoms with E-state index in [9.17, 15) is 5.11 Å². The Bertz CT molecular complexity index is 899. The maximum atomic E-state index is 10.7. The van der Waals surface area contributed by atoms with Crippen molar-refractivity contribution in [2.24, 2.45) is 17.8 Å². The SMILES string of the molecule is Cc1c2c(c3ccccc3c1O)OC(C)(CCCC(C)CCCC(C)CCCC(C)C)CC2. The van der Waals surface area contributed by atoms with Crippen LogP contribution < -0.4 is 4.74 Å². The molecule has 0 radical (unpaired) electrons. The zero-order valence-corrected chi connectivity index (χ0v) is 22.2. The molecule has 0 aliphatic carbocycles. The molecule has 2 nitrogen and oxygen atoms in total. The van der Waals surface area contributed by atoms with Crippen LogP contribution in [0, 0.1) is 24.7 Å². The van der Waals surface area contributed by atoms with Crippen molar-refractivity contribution in [3.63, 3.8) is 0 Å². The number of benzene rings is 2. The summed E-state index contributed by atoms with van der Waals surface area (Å²) >= 11 is 0. The van der Waals surface area contributed by atoms with Crippen LogP contribution in [0.25, 0.3) is 10.8 Å². The lowest BCUT2D eigenvalue weighted by Gasteiger charge is -2.37. The maximum Gasteiger partial charge on any atom is 0.131 e. The molecule has 0 fully saturated rings. The van der Waals surface area contributed by atoms with Gasteiger partial charge in [-0.15, -0.1) is 0 Å². The molecule has 2 aromatic rings. The maximum absolute atomic E-state index is 10.7. The van der Waals surface area contributed by atoms with E-state index in [2.05, 4.69) is 40.7 Å². The Morgan fingerprint density at radius 1 is 0.879 bits per heavy atom. The molecular formula is C31H48O2. The third kappa shape index (κ3) is 6.90. The smallest absolute Gasteiger partial charge is 0.131 e. The number of rotatable bonds is 12. The summed E-state index contributed by atoms with van der Waals surface area (Å²) in [5, 5.41) is 12.6. The molecule has 2 heteroatoms. The fraction of sp³-hybridized carbons (Fsp3) is 0.677. The lowest BCUT2D eigenvalue weighted by molar-refractivity contribution is 0.0540. The topological polar surface area (TPSA) is 29.5 Å². The number of fused-ring (bicyclic) bond motifs is 3. The molecule has 1 N–H and O–H groups in total. The minimum atomic E-state index is -0.107. The number of hydrogen-bond acceptors (Lipinski definition) is 2. The van der Waals surface area contributed by atoms with E-state index in [-0.39, 0.29) is 5.60 Å². The van der Waals surface area contributed by atoms with E-state index in [0.717, 1.165) is 59.1 Å². The van der Waals surface area contributed by atoms with Crippen LogP contribution in [0.2, 0.25) is 0 Å². The van der Waals surface area contributed by atoms with Crippen LogP contribution >= 0.6 is 0 Å². The van der Waals surface area contributed by atoms with Gasteiger partial charge in [-0.25, -0.2) is 0 Å². The Balaban J connectivity index is 1.46. The van der Waals surface area contributed by atoms with Gasteiger partial charge in [0.2, 0.25) is 0 Å². The van der Waals surface area contributed by atoms with Crippen molar-refractivity contribution in [2.45, 2.75) is 118 Å². The third-order valence-corrected chi connectivity index (χ3v) is 8.04. The van der Waals surface area contributed by atoms with Gasteiger partial charge in [-0.1, -0.05) is 96.9 Å². The second-order valence-corrected chi connectivity index (χ2v) is 11.7. The molecular weight excluding hydrogens is 404 g/mol. The van der Waals surface area contributed by atoms with E-state index in [4.69, 9.17) is 4.74 Å². The van der Waals surface area contributed by atoms with Gasteiger partial charge in [0.25, 0.3) is 0 Å². The highest BCUT2D eigenvalue weighted by atomic mass is 16.5. The summed E-state index contributed by atoms with van der Waals surface area (Å²) in [6.45, 7) is 13.9. The third-order valence-electron chi connectivity index (χ3n) is 8.04. The first-order valence-electron chi connectivity index (χ1n) is 13.6. The summed E-state index contributed by atoms with van der Waals surface area (Å²) in [6, 6.07) is 8.12. The van der Waals surface area contributed by atoms with Crippen LogP contribution in [0.1, 0.15) is 110 Å². The fourth-order valence-corrected chi connectivity index (χ4v) is 5.65. The van der Waals surface area contributed by atoms with Crippen LogP contribution in [0.3, 0.4) is 0 Å². The summed E-state index contributed by atoms with van der Waals surface area (Å²) in [7, 11) is 0. The first-order chi connectivity index (χ1) is 15.7. The average molecular weight is 453 g/mol. The second kappa shape index (κ2) is 11.6. The van der Waals surface area contributed by atoms with Crippen molar-refractivity contribution < 1.29 is 9.84 Å². The van der Waals surface area contributed by atoms with Crippen molar-refractivity contribution in [3.05, 3.63) is 35.4 Å². The molecule has 1 aliphatic rings. The summed E-state index contributed by atoms with van der Waals surface area (Å²) in [5.41, 5.74) is 2.07. The molecule has 1 aliphatic heterocycles. The predicted molar refractivity (Wildman–Crippen MR) is 142 cm³/mol. The highest BCUT2D eigenvalue weighted by Gasteiger charge is 2.34. The largest absolute Gasteiger partial charge is 0.507 e. The van der Waals surface area contributed by atoms with Crippen molar-refractivity contribution in [1.29, 1.82) is 0 Å². The predicted octanol–water partition coefficient (Wildman–Crippen LogP) is 9.38. The van der Waals surface area contributed by atoms with Gasteiger partial charge in [-0.3, -0.25) is 0 Å². The first-order valence-corrected chi connectivity index (χ1v) is 13.6. The molecule has 0 amide bonds. The van der Waals surface area contributed by atoms with Gasteiger partial charge in [0, 0.05) is 16.3 Å². The normalized spacial score (nSPS) is 20.0. The van der Waals surface area contributed by atoms with Crippen LogP contribution in [0.4, 0.5) is 0 Å². The van der Waals surface area contributed by atoms with Gasteiger partial charge in [-0.05, 0) is 62.8 Å². The van der Waals surface area contributed by atoms with E-state index in [1.54, 1.807) is 0 Å². The summed E-state index contributed by atoms with van der Waals surface area (Å²) in [5.74, 6) is 3.94. The molecule has 0 aromatic heterocycles. The molecule has 0 bridgehead atoms. The number of aromatic hydroxyl groups is 1. The van der Waals surface area contributed by atoms with E-state index in [1.807, 2.05) is 25.1 Å². The highest BCUT2D eigenvalue weighted by molar-refractivity contribution is 5.95. The van der Waals surface area contributed by atoms with E-state index in [1.165, 1.54) is 56.9 Å². The lowest BCUT2D eigenvalue weighted by atomic mass is 9.84. The van der Waals surface area contributed by atoms with Gasteiger partial charge in [0.1, 0.15) is 17.1 Å². The van der Waals surface area contributed by atoms with Crippen molar-refractivity contribution in [3.8, 4) is 11.5 Å². The average Bonchev–Trinajstić information content (AvgIpc) is 2.77. The van der Waals surface area contributed by atoms with Crippen molar-refractivity contribution in [1.82, 2.24) is 0 Å². The Labute approximate surface area is 203 Å². The Kier molecular flexibility index (Phi) is 9.13. The van der Waals surface area contributed by atoms with Crippen LogP contribution in [-0.4, -0.2) is 10.7 Å². The molecule has 3 atom stereocenters. The number of phenols is 1. The Morgan fingerprint density at radius 3 is 2.09 bits per heavy atom. The minimum absolute atomic E-state index is 0.107. The molecule has 184 valence electrons. The van der Waals surface area contributed by atoms with E-state index in [0.29, 0.717) is 5.75 Å². The summed E-state index contributed by atoms with van der Waals surface area (Å²) in [4.78, 5) is 0. The highest BCUT2D eigenvalue weighted by Crippen LogP contribution is 2.46. The molecule has 2 aromatic carbocycles. The first kappa shape index (κ1) is 25.9. The zero-order chi connectivity index (χ0) is 24.0. The van der Waals surface area contributed by atoms with E-state index >= 15 is 0 Å². The molecule has 0 saturated carbocycles. The van der Waals surface area contributed by atoms with Gasteiger partial charge in [0.05, 0.1) is 0 Å². The number of hydrogen-bond donors (Lipinski definition) is 1. The van der Waals surface area contributed by atoms with Crippen LogP contribution in [0.5, 0.6) is 11.5 Å². The second-order valence-electron chi connectivity index (χ2n) is 11.7. The Hall–Kier alpha value is -1.70. The molecule has 3 unspecified atom stereocenters. The molecule has 0 saturated heterocycles. The van der Waals surface area contributed by atoms with Crippen molar-refractivity contribution in [2.75, 3.05) is 0 Å². The van der Waals surface area contributed by atoms with Gasteiger partial charge in [-0.2, -0.15) is 0 Å². The van der Waals surface area contributed by atoms with Crippen LogP contribution in [-0.2, 0) is 6.42 Å². The molecule has 3 rings (SSSR count). The number of ether oxygens (including phenoxy) is 1. The quantitative estimate of drug-likeness (QED) is 0.347. The van der Waals surface area contributed by atoms with Gasteiger partial charge < -0.3 is 9.84 Å². The monoisotopic (exact) mass is 452 g/mol. The van der Waals surface area contributed by atoms with Gasteiger partial charge in [0.15, 0.2) is 0 Å². The molecule has 0 spiro atoms. The zero-order valence-electron chi connectivity index (χ0n) is 22.2. The number of phenolic OH excluding ortho intramolecular Hbond substituents is 1. The molecule has 1 heterocycles. The van der Waals surface area contributed by atoms with Crippen molar-refractivity contribution >= 4 is 10.8 Å². The summed E-state index contributed by atoms with van der Waals surface area (Å²) < 4.78 is 6.71. The van der Waals surface area contributed by atoms with E-state index < -0.39 is 0 Å². The molecule has 33 heavy (non-hydrogen) atoms. The standard InChI is InChI=1S/C31H48O2/c1-22(2)12-9-13-23(3)14-10-15-24(4)16-11-20-31(6)21-19-26-25(5)29(32)27-17-7-8-18-28(27)30(26)33-31/h7-8,17-18,22-24,32H,9-16,19-21H2,1-6H3. The fourth-order valence-electron chi connectivity index (χ4n) is 5.65. The van der Waals surface area contributed by atoms with Gasteiger partial charge >= 0.3 is 0 Å². The van der Waals surface area contributed by atoms with Crippen LogP contribution in [0.15, 0.2) is 24.3 Å². The minimum Gasteiger partial charge on any atom is -0.507 e. The summed E-state index contributed by atoms with van der Waals surface area (Å²) in [6.07, 6.45) is 13.9.